The summed E-state index contributed by atoms with van der Waals surface area (Å²) in [6, 6.07) is 0. The second-order valence-electron chi connectivity index (χ2n) is 2.71. The van der Waals surface area contributed by atoms with E-state index in [0.29, 0.717) is 0 Å². The van der Waals surface area contributed by atoms with Crippen LogP contribution in [0.1, 0.15) is 33.6 Å². The van der Waals surface area contributed by atoms with E-state index in [0.717, 1.165) is 11.8 Å². The normalized spacial score (nSPS) is 17.3. The summed E-state index contributed by atoms with van der Waals surface area (Å²) in [7, 11) is 0. The van der Waals surface area contributed by atoms with Gasteiger partial charge >= 0.3 is 0 Å². The molecule has 0 aliphatic rings. The average molecular weight is 193 g/mol. The van der Waals surface area contributed by atoms with Crippen LogP contribution in [0.4, 0.5) is 0 Å². The Labute approximate surface area is 67.2 Å². The quantitative estimate of drug-likeness (QED) is 0.600. The minimum Gasteiger partial charge on any atom is -0.0925 e. The molecule has 0 heterocycles. The number of hydrogen-bond acceptors (Lipinski definition) is 0. The van der Waals surface area contributed by atoms with Crippen molar-refractivity contribution < 1.29 is 0 Å². The zero-order chi connectivity index (χ0) is 7.28. The molecule has 0 N–H and O–H groups in total. The molecule has 9 heavy (non-hydrogen) atoms. The molecule has 0 aliphatic heterocycles. The molecule has 0 spiro atoms. The highest BCUT2D eigenvalue weighted by atomic mass is 79.9. The highest BCUT2D eigenvalue weighted by molar-refractivity contribution is 9.09. The Kier molecular flexibility index (Phi) is 5.56. The number of alkyl halides is 1. The van der Waals surface area contributed by atoms with E-state index in [1.165, 1.54) is 18.2 Å². The molecule has 0 aliphatic carbocycles. The third kappa shape index (κ3) is 3.24. The van der Waals surface area contributed by atoms with E-state index >= 15 is 0 Å². The second kappa shape index (κ2) is 5.28. The zero-order valence-electron chi connectivity index (χ0n) is 6.65. The van der Waals surface area contributed by atoms with Gasteiger partial charge in [-0.25, -0.2) is 0 Å². The predicted molar refractivity (Wildman–Crippen MR) is 47.0 cm³/mol. The van der Waals surface area contributed by atoms with Crippen molar-refractivity contribution in [1.29, 1.82) is 0 Å². The van der Waals surface area contributed by atoms with Crippen molar-refractivity contribution in [1.82, 2.24) is 0 Å². The summed E-state index contributed by atoms with van der Waals surface area (Å²) in [6.45, 7) is 6.85. The molecular weight excluding hydrogens is 176 g/mol. The van der Waals surface area contributed by atoms with Crippen LogP contribution in [0.2, 0.25) is 0 Å². The van der Waals surface area contributed by atoms with Gasteiger partial charge < -0.3 is 0 Å². The van der Waals surface area contributed by atoms with E-state index in [4.69, 9.17) is 0 Å². The minimum absolute atomic E-state index is 0.884. The first-order chi connectivity index (χ1) is 4.26. The van der Waals surface area contributed by atoms with Gasteiger partial charge in [0, 0.05) is 5.33 Å². The Morgan fingerprint density at radius 2 is 1.78 bits per heavy atom. The molecule has 0 rings (SSSR count). The lowest BCUT2D eigenvalue weighted by molar-refractivity contribution is 0.375. The fraction of sp³-hybridized carbons (Fsp3) is 1.00. The summed E-state index contributed by atoms with van der Waals surface area (Å²) in [4.78, 5) is 0. The zero-order valence-corrected chi connectivity index (χ0v) is 8.24. The van der Waals surface area contributed by atoms with E-state index in [1.807, 2.05) is 0 Å². The largest absolute Gasteiger partial charge is 0.0925 e. The van der Waals surface area contributed by atoms with Crippen molar-refractivity contribution >= 4 is 15.9 Å². The first-order valence-corrected chi connectivity index (χ1v) is 4.94. The van der Waals surface area contributed by atoms with Crippen molar-refractivity contribution in [3.8, 4) is 0 Å². The van der Waals surface area contributed by atoms with E-state index in [9.17, 15) is 0 Å². The molecule has 0 fully saturated rings. The van der Waals surface area contributed by atoms with Gasteiger partial charge in [-0.15, -0.1) is 0 Å². The van der Waals surface area contributed by atoms with Gasteiger partial charge in [0.05, 0.1) is 0 Å². The van der Waals surface area contributed by atoms with Gasteiger partial charge in [-0.1, -0.05) is 49.5 Å². The van der Waals surface area contributed by atoms with Crippen molar-refractivity contribution in [2.75, 3.05) is 5.33 Å². The van der Waals surface area contributed by atoms with Crippen molar-refractivity contribution in [2.24, 2.45) is 11.8 Å². The van der Waals surface area contributed by atoms with Crippen LogP contribution >= 0.6 is 15.9 Å². The summed E-state index contributed by atoms with van der Waals surface area (Å²) in [5.74, 6) is 1.77. The van der Waals surface area contributed by atoms with Crippen molar-refractivity contribution in [3.05, 3.63) is 0 Å². The molecule has 0 unspecified atom stereocenters. The molecule has 2 atom stereocenters. The molecule has 0 aromatic rings. The average Bonchev–Trinajstić information content (AvgIpc) is 1.90. The number of halogens is 1. The lowest BCUT2D eigenvalue weighted by Gasteiger charge is -2.17. The summed E-state index contributed by atoms with van der Waals surface area (Å²) >= 11 is 3.52. The molecule has 0 saturated carbocycles. The number of rotatable bonds is 4. The van der Waals surface area contributed by atoms with Gasteiger partial charge in [0.25, 0.3) is 0 Å². The predicted octanol–water partition coefficient (Wildman–Crippen LogP) is 3.45. The maximum atomic E-state index is 3.52. The van der Waals surface area contributed by atoms with Crippen LogP contribution in [-0.2, 0) is 0 Å². The van der Waals surface area contributed by atoms with E-state index in [1.54, 1.807) is 0 Å². The topological polar surface area (TPSA) is 0 Å². The molecule has 0 saturated heterocycles. The second-order valence-corrected chi connectivity index (χ2v) is 3.36. The Morgan fingerprint density at radius 1 is 1.22 bits per heavy atom. The Bertz CT molecular complexity index is 57.6. The summed E-state index contributed by atoms with van der Waals surface area (Å²) in [5.41, 5.74) is 0. The lowest BCUT2D eigenvalue weighted by atomic mass is 9.92. The van der Waals surface area contributed by atoms with Crippen LogP contribution in [0.3, 0.4) is 0 Å². The Balaban J connectivity index is 3.50. The molecule has 56 valence electrons. The SMILES string of the molecule is CC[C@H](CBr)[C@@H](C)CC. The molecule has 0 aromatic heterocycles. The fourth-order valence-electron chi connectivity index (χ4n) is 0.997. The summed E-state index contributed by atoms with van der Waals surface area (Å²) in [6.07, 6.45) is 2.62. The van der Waals surface area contributed by atoms with Crippen LogP contribution < -0.4 is 0 Å². The van der Waals surface area contributed by atoms with Crippen LogP contribution in [-0.4, -0.2) is 5.33 Å². The number of hydrogen-bond donors (Lipinski definition) is 0. The smallest absolute Gasteiger partial charge is 0.00621 e. The van der Waals surface area contributed by atoms with Gasteiger partial charge in [-0.3, -0.25) is 0 Å². The highest BCUT2D eigenvalue weighted by Gasteiger charge is 2.10. The summed E-state index contributed by atoms with van der Waals surface area (Å²) < 4.78 is 0. The van der Waals surface area contributed by atoms with Gasteiger partial charge in [0.2, 0.25) is 0 Å². The van der Waals surface area contributed by atoms with Crippen LogP contribution in [0.25, 0.3) is 0 Å². The monoisotopic (exact) mass is 192 g/mol. The van der Waals surface area contributed by atoms with Crippen molar-refractivity contribution in [2.45, 2.75) is 33.6 Å². The molecule has 0 radical (unpaired) electrons. The molecule has 0 nitrogen and oxygen atoms in total. The highest BCUT2D eigenvalue weighted by Crippen LogP contribution is 2.20. The molecule has 0 bridgehead atoms. The maximum absolute atomic E-state index is 3.52. The third-order valence-corrected chi connectivity index (χ3v) is 3.00. The summed E-state index contributed by atoms with van der Waals surface area (Å²) in [5, 5.41) is 1.17. The minimum atomic E-state index is 0.884. The first-order valence-electron chi connectivity index (χ1n) is 3.82. The Morgan fingerprint density at radius 3 is 1.89 bits per heavy atom. The van der Waals surface area contributed by atoms with E-state index in [-0.39, 0.29) is 0 Å². The molecule has 0 aromatic carbocycles. The van der Waals surface area contributed by atoms with Gasteiger partial charge in [0.15, 0.2) is 0 Å². The lowest BCUT2D eigenvalue weighted by Crippen LogP contribution is -2.10. The van der Waals surface area contributed by atoms with Gasteiger partial charge in [-0.05, 0) is 11.8 Å². The third-order valence-electron chi connectivity index (χ3n) is 2.17. The first kappa shape index (κ1) is 9.48. The maximum Gasteiger partial charge on any atom is 0.00621 e. The van der Waals surface area contributed by atoms with Crippen LogP contribution in [0, 0.1) is 11.8 Å². The molecular formula is C8H17Br. The molecule has 1 heteroatoms. The van der Waals surface area contributed by atoms with E-state index < -0.39 is 0 Å². The van der Waals surface area contributed by atoms with E-state index in [2.05, 4.69) is 36.7 Å². The standard InChI is InChI=1S/C8H17Br/c1-4-7(3)8(5-2)6-9/h7-8H,4-6H2,1-3H3/t7-,8+/m0/s1. The van der Waals surface area contributed by atoms with Gasteiger partial charge in [-0.2, -0.15) is 0 Å². The molecule has 0 amide bonds. The Hall–Kier alpha value is 0.480. The van der Waals surface area contributed by atoms with Gasteiger partial charge in [0.1, 0.15) is 0 Å². The van der Waals surface area contributed by atoms with Crippen LogP contribution in [0.5, 0.6) is 0 Å². The van der Waals surface area contributed by atoms with Crippen molar-refractivity contribution in [3.63, 3.8) is 0 Å². The fourth-order valence-corrected chi connectivity index (χ4v) is 2.09. The van der Waals surface area contributed by atoms with Crippen LogP contribution in [0.15, 0.2) is 0 Å².